The van der Waals surface area contributed by atoms with Crippen LogP contribution in [0.1, 0.15) is 5.56 Å². The lowest BCUT2D eigenvalue weighted by Crippen LogP contribution is -2.02. The molecule has 0 aliphatic rings. The van der Waals surface area contributed by atoms with E-state index in [1.165, 1.54) is 0 Å². The molecule has 7 heteroatoms. The Hall–Kier alpha value is -3.32. The molecule has 2 aromatic carbocycles. The predicted octanol–water partition coefficient (Wildman–Crippen LogP) is 2.49. The van der Waals surface area contributed by atoms with Crippen LogP contribution in [0.25, 0.3) is 16.9 Å². The molecule has 0 aliphatic carbocycles. The molecular weight excluding hydrogens is 316 g/mol. The number of fused-ring (bicyclic) bond motifs is 1. The van der Waals surface area contributed by atoms with Gasteiger partial charge >= 0.3 is 0 Å². The van der Waals surface area contributed by atoms with E-state index in [1.807, 2.05) is 54.6 Å². The molecule has 0 spiro atoms. The highest BCUT2D eigenvalue weighted by Crippen LogP contribution is 2.18. The fourth-order valence-electron chi connectivity index (χ4n) is 2.59. The maximum absolute atomic E-state index is 9.13. The van der Waals surface area contributed by atoms with Crippen LogP contribution < -0.4 is 5.32 Å². The van der Waals surface area contributed by atoms with Crippen LogP contribution >= 0.6 is 0 Å². The summed E-state index contributed by atoms with van der Waals surface area (Å²) in [6.45, 7) is 0.106. The van der Waals surface area contributed by atoms with Gasteiger partial charge in [0.1, 0.15) is 0 Å². The number of anilines is 2. The van der Waals surface area contributed by atoms with E-state index in [2.05, 4.69) is 25.6 Å². The number of aromatic nitrogens is 5. The van der Waals surface area contributed by atoms with Gasteiger partial charge in [-0.05, 0) is 36.2 Å². The van der Waals surface area contributed by atoms with E-state index in [9.17, 15) is 0 Å². The van der Waals surface area contributed by atoms with E-state index in [4.69, 9.17) is 5.11 Å². The van der Waals surface area contributed by atoms with Gasteiger partial charge in [-0.3, -0.25) is 0 Å². The van der Waals surface area contributed by atoms with Crippen LogP contribution in [0.3, 0.4) is 0 Å². The van der Waals surface area contributed by atoms with Crippen molar-refractivity contribution in [2.24, 2.45) is 0 Å². The maximum Gasteiger partial charge on any atom is 0.229 e. The Morgan fingerprint density at radius 2 is 1.92 bits per heavy atom. The van der Waals surface area contributed by atoms with Crippen LogP contribution in [-0.4, -0.2) is 36.7 Å². The summed E-state index contributed by atoms with van der Waals surface area (Å²) >= 11 is 0. The number of aliphatic hydroxyl groups excluding tert-OH is 1. The van der Waals surface area contributed by atoms with Crippen molar-refractivity contribution in [2.45, 2.75) is 6.42 Å². The summed E-state index contributed by atoms with van der Waals surface area (Å²) in [7, 11) is 0. The summed E-state index contributed by atoms with van der Waals surface area (Å²) in [5, 5.41) is 20.6. The first kappa shape index (κ1) is 15.2. The van der Waals surface area contributed by atoms with Crippen molar-refractivity contribution in [3.8, 4) is 5.69 Å². The van der Waals surface area contributed by atoms with E-state index >= 15 is 0 Å². The summed E-state index contributed by atoms with van der Waals surface area (Å²) in [6, 6.07) is 17.5. The molecule has 0 atom stereocenters. The predicted molar refractivity (Wildman–Crippen MR) is 95.0 cm³/mol. The normalized spacial score (nSPS) is 10.9. The molecule has 0 unspecified atom stereocenters. The molecular formula is C18H16N6O. The smallest absolute Gasteiger partial charge is 0.229 e. The molecule has 2 heterocycles. The molecule has 7 nitrogen and oxygen atoms in total. The van der Waals surface area contributed by atoms with Crippen molar-refractivity contribution < 1.29 is 5.11 Å². The van der Waals surface area contributed by atoms with Crippen molar-refractivity contribution in [3.63, 3.8) is 0 Å². The van der Waals surface area contributed by atoms with Crippen LogP contribution in [-0.2, 0) is 6.42 Å². The number of aliphatic hydroxyl groups is 1. The van der Waals surface area contributed by atoms with Crippen molar-refractivity contribution >= 4 is 22.8 Å². The van der Waals surface area contributed by atoms with Crippen LogP contribution in [0.2, 0.25) is 0 Å². The zero-order valence-corrected chi connectivity index (χ0v) is 13.4. The first-order valence-electron chi connectivity index (χ1n) is 7.94. The van der Waals surface area contributed by atoms with Gasteiger partial charge in [-0.25, -0.2) is 4.98 Å². The monoisotopic (exact) mass is 332 g/mol. The lowest BCUT2D eigenvalue weighted by molar-refractivity contribution is 0.299. The molecule has 0 amide bonds. The number of rotatable bonds is 5. The Balaban J connectivity index is 1.72. The van der Waals surface area contributed by atoms with E-state index < -0.39 is 0 Å². The second kappa shape index (κ2) is 6.66. The van der Waals surface area contributed by atoms with Gasteiger partial charge in [-0.1, -0.05) is 35.5 Å². The van der Waals surface area contributed by atoms with Crippen molar-refractivity contribution in [2.75, 3.05) is 11.9 Å². The largest absolute Gasteiger partial charge is 0.396 e. The zero-order chi connectivity index (χ0) is 17.1. The van der Waals surface area contributed by atoms with E-state index in [1.54, 1.807) is 10.9 Å². The van der Waals surface area contributed by atoms with Gasteiger partial charge in [-0.15, -0.1) is 5.10 Å². The Bertz CT molecular complexity index is 999. The molecule has 0 bridgehead atoms. The fraction of sp³-hybridized carbons (Fsp3) is 0.111. The van der Waals surface area contributed by atoms with Crippen LogP contribution in [0.4, 0.5) is 11.6 Å². The number of hydrogen-bond donors (Lipinski definition) is 2. The SMILES string of the molecule is OCCc1cccc(-n2nnc3cnc(Nc4ccccc4)nc32)c1. The quantitative estimate of drug-likeness (QED) is 0.584. The Kier molecular flexibility index (Phi) is 4.05. The third-order valence-corrected chi connectivity index (χ3v) is 3.78. The van der Waals surface area contributed by atoms with Gasteiger partial charge in [0.05, 0.1) is 11.9 Å². The Labute approximate surface area is 144 Å². The first-order chi connectivity index (χ1) is 12.3. The van der Waals surface area contributed by atoms with Gasteiger partial charge in [0.25, 0.3) is 0 Å². The van der Waals surface area contributed by atoms with Gasteiger partial charge in [0.15, 0.2) is 11.2 Å². The summed E-state index contributed by atoms with van der Waals surface area (Å²) in [4.78, 5) is 8.83. The van der Waals surface area contributed by atoms with E-state index in [0.29, 0.717) is 23.5 Å². The van der Waals surface area contributed by atoms with Crippen LogP contribution in [0.5, 0.6) is 0 Å². The van der Waals surface area contributed by atoms with Gasteiger partial charge in [0.2, 0.25) is 5.95 Å². The minimum absolute atomic E-state index is 0.106. The average Bonchev–Trinajstić information content (AvgIpc) is 3.06. The second-order valence-corrected chi connectivity index (χ2v) is 5.54. The standard InChI is InChI=1S/C18H16N6O/c25-10-9-13-5-4-8-15(11-13)24-17-16(22-23-24)12-19-18(21-17)20-14-6-2-1-3-7-14/h1-8,11-12,25H,9-10H2,(H,19,20,21). The van der Waals surface area contributed by atoms with Crippen molar-refractivity contribution in [1.82, 2.24) is 25.0 Å². The van der Waals surface area contributed by atoms with E-state index in [-0.39, 0.29) is 6.61 Å². The molecule has 25 heavy (non-hydrogen) atoms. The summed E-state index contributed by atoms with van der Waals surface area (Å²) < 4.78 is 1.67. The van der Waals surface area contributed by atoms with Crippen LogP contribution in [0.15, 0.2) is 60.8 Å². The summed E-state index contributed by atoms with van der Waals surface area (Å²) in [5.41, 5.74) is 4.02. The van der Waals surface area contributed by atoms with Crippen molar-refractivity contribution in [3.05, 3.63) is 66.4 Å². The molecule has 4 aromatic rings. The number of hydrogen-bond acceptors (Lipinski definition) is 6. The number of benzene rings is 2. The second-order valence-electron chi connectivity index (χ2n) is 5.54. The number of nitrogens with zero attached hydrogens (tertiary/aromatic N) is 5. The van der Waals surface area contributed by atoms with Gasteiger partial charge in [-0.2, -0.15) is 9.67 Å². The molecule has 2 aromatic heterocycles. The minimum Gasteiger partial charge on any atom is -0.396 e. The minimum atomic E-state index is 0.106. The number of para-hydroxylation sites is 1. The van der Waals surface area contributed by atoms with Gasteiger partial charge in [0, 0.05) is 12.3 Å². The Morgan fingerprint density at radius 1 is 1.04 bits per heavy atom. The average molecular weight is 332 g/mol. The molecule has 0 saturated carbocycles. The molecule has 0 radical (unpaired) electrons. The zero-order valence-electron chi connectivity index (χ0n) is 13.4. The van der Waals surface area contributed by atoms with Crippen molar-refractivity contribution in [1.29, 1.82) is 0 Å². The van der Waals surface area contributed by atoms with Gasteiger partial charge < -0.3 is 10.4 Å². The highest BCUT2D eigenvalue weighted by atomic mass is 16.2. The molecule has 0 aliphatic heterocycles. The third kappa shape index (κ3) is 3.17. The Morgan fingerprint density at radius 3 is 2.76 bits per heavy atom. The topological polar surface area (TPSA) is 88.8 Å². The molecule has 0 saturated heterocycles. The molecule has 124 valence electrons. The lowest BCUT2D eigenvalue weighted by Gasteiger charge is -2.06. The fourth-order valence-corrected chi connectivity index (χ4v) is 2.59. The first-order valence-corrected chi connectivity index (χ1v) is 7.94. The summed E-state index contributed by atoms with van der Waals surface area (Å²) in [5.74, 6) is 0.480. The highest BCUT2D eigenvalue weighted by molar-refractivity contribution is 5.72. The number of nitrogens with one attached hydrogen (secondary N) is 1. The maximum atomic E-state index is 9.13. The molecule has 2 N–H and O–H groups in total. The molecule has 4 rings (SSSR count). The molecule has 0 fully saturated rings. The van der Waals surface area contributed by atoms with E-state index in [0.717, 1.165) is 16.9 Å². The lowest BCUT2D eigenvalue weighted by atomic mass is 10.1. The third-order valence-electron chi connectivity index (χ3n) is 3.78. The van der Waals surface area contributed by atoms with Crippen LogP contribution in [0, 0.1) is 0 Å². The highest BCUT2D eigenvalue weighted by Gasteiger charge is 2.10. The summed E-state index contributed by atoms with van der Waals surface area (Å²) in [6.07, 6.45) is 2.24.